The highest BCUT2D eigenvalue weighted by Crippen LogP contribution is 2.25. The predicted molar refractivity (Wildman–Crippen MR) is 59.7 cm³/mol. The molecule has 2 rings (SSSR count). The molecule has 1 aromatic rings. The van der Waals surface area contributed by atoms with E-state index in [1.54, 1.807) is 0 Å². The molecule has 82 valence electrons. The molecule has 0 saturated carbocycles. The summed E-state index contributed by atoms with van der Waals surface area (Å²) in [5.74, 6) is 0. The van der Waals surface area contributed by atoms with Crippen LogP contribution in [-0.2, 0) is 4.74 Å². The van der Waals surface area contributed by atoms with Crippen molar-refractivity contribution in [2.45, 2.75) is 38.4 Å². The third kappa shape index (κ3) is 2.80. The van der Waals surface area contributed by atoms with Gasteiger partial charge in [-0.25, -0.2) is 0 Å². The van der Waals surface area contributed by atoms with Gasteiger partial charge in [-0.2, -0.15) is 0 Å². The van der Waals surface area contributed by atoms with Gasteiger partial charge in [-0.15, -0.1) is 0 Å². The smallest absolute Gasteiger partial charge is 0.0814 e. The molecular weight excluding hydrogens is 188 g/mol. The minimum absolute atomic E-state index is 0.250. The number of aryl methyl sites for hydroxylation is 1. The van der Waals surface area contributed by atoms with Gasteiger partial charge in [-0.1, -0.05) is 29.8 Å². The highest BCUT2D eigenvalue weighted by atomic mass is 16.5. The topological polar surface area (TPSA) is 29.5 Å². The molecule has 0 spiro atoms. The van der Waals surface area contributed by atoms with Crippen LogP contribution in [0, 0.1) is 6.92 Å². The number of hydrogen-bond acceptors (Lipinski definition) is 2. The number of aliphatic hydroxyl groups excluding tert-OH is 1. The Balaban J connectivity index is 1.97. The number of rotatable bonds is 3. The Morgan fingerprint density at radius 1 is 1.53 bits per heavy atom. The molecule has 1 aliphatic heterocycles. The minimum atomic E-state index is -0.381. The lowest BCUT2D eigenvalue weighted by molar-refractivity contribution is 0.0535. The van der Waals surface area contributed by atoms with E-state index in [4.69, 9.17) is 4.74 Å². The van der Waals surface area contributed by atoms with Gasteiger partial charge in [0.2, 0.25) is 0 Å². The summed E-state index contributed by atoms with van der Waals surface area (Å²) in [5.41, 5.74) is 2.20. The van der Waals surface area contributed by atoms with Gasteiger partial charge in [0.25, 0.3) is 0 Å². The predicted octanol–water partition coefficient (Wildman–Crippen LogP) is 2.60. The van der Waals surface area contributed by atoms with Crippen LogP contribution in [0.4, 0.5) is 0 Å². The fourth-order valence-electron chi connectivity index (χ4n) is 2.09. The van der Waals surface area contributed by atoms with E-state index >= 15 is 0 Å². The van der Waals surface area contributed by atoms with Crippen molar-refractivity contribution in [3.63, 3.8) is 0 Å². The molecule has 1 heterocycles. The molecule has 1 saturated heterocycles. The van der Waals surface area contributed by atoms with Crippen LogP contribution in [0.15, 0.2) is 24.3 Å². The third-order valence-corrected chi connectivity index (χ3v) is 2.94. The summed E-state index contributed by atoms with van der Waals surface area (Å²) >= 11 is 0. The molecule has 1 aromatic carbocycles. The second-order valence-electron chi connectivity index (χ2n) is 4.30. The largest absolute Gasteiger partial charge is 0.388 e. The second kappa shape index (κ2) is 4.77. The van der Waals surface area contributed by atoms with E-state index in [1.807, 2.05) is 31.2 Å². The number of ether oxygens (including phenoxy) is 1. The van der Waals surface area contributed by atoms with Crippen LogP contribution in [0.2, 0.25) is 0 Å². The maximum absolute atomic E-state index is 10.0. The first kappa shape index (κ1) is 10.7. The van der Waals surface area contributed by atoms with Crippen molar-refractivity contribution in [3.05, 3.63) is 35.4 Å². The van der Waals surface area contributed by atoms with Crippen molar-refractivity contribution in [1.82, 2.24) is 0 Å². The second-order valence-corrected chi connectivity index (χ2v) is 4.30. The van der Waals surface area contributed by atoms with Crippen LogP contribution >= 0.6 is 0 Å². The average Bonchev–Trinajstić information content (AvgIpc) is 2.70. The molecule has 2 nitrogen and oxygen atoms in total. The summed E-state index contributed by atoms with van der Waals surface area (Å²) in [4.78, 5) is 0. The van der Waals surface area contributed by atoms with Crippen molar-refractivity contribution in [2.75, 3.05) is 6.61 Å². The number of benzene rings is 1. The maximum Gasteiger partial charge on any atom is 0.0814 e. The van der Waals surface area contributed by atoms with E-state index in [1.165, 1.54) is 5.56 Å². The van der Waals surface area contributed by atoms with Crippen molar-refractivity contribution in [2.24, 2.45) is 0 Å². The maximum atomic E-state index is 10.0. The lowest BCUT2D eigenvalue weighted by Gasteiger charge is -2.15. The fraction of sp³-hybridized carbons (Fsp3) is 0.538. The Kier molecular flexibility index (Phi) is 3.39. The van der Waals surface area contributed by atoms with Crippen LogP contribution in [-0.4, -0.2) is 17.8 Å². The summed E-state index contributed by atoms with van der Waals surface area (Å²) in [6.07, 6.45) is 2.81. The fourth-order valence-corrected chi connectivity index (χ4v) is 2.09. The summed E-state index contributed by atoms with van der Waals surface area (Å²) in [7, 11) is 0. The molecule has 2 atom stereocenters. The van der Waals surface area contributed by atoms with Crippen LogP contribution in [0.1, 0.15) is 36.5 Å². The SMILES string of the molecule is Cc1cccc(C(O)CC2CCCO2)c1. The van der Waals surface area contributed by atoms with E-state index in [9.17, 15) is 5.11 Å². The molecule has 15 heavy (non-hydrogen) atoms. The monoisotopic (exact) mass is 206 g/mol. The standard InChI is InChI=1S/C13H18O2/c1-10-4-2-5-11(8-10)13(14)9-12-6-3-7-15-12/h2,4-5,8,12-14H,3,6-7,9H2,1H3. The minimum Gasteiger partial charge on any atom is -0.388 e. The Bertz CT molecular complexity index is 316. The van der Waals surface area contributed by atoms with E-state index < -0.39 is 0 Å². The summed E-state index contributed by atoms with van der Waals surface area (Å²) < 4.78 is 5.52. The lowest BCUT2D eigenvalue weighted by Crippen LogP contribution is -2.11. The van der Waals surface area contributed by atoms with Crippen molar-refractivity contribution in [3.8, 4) is 0 Å². The molecular formula is C13H18O2. The first-order valence-corrected chi connectivity index (χ1v) is 5.62. The molecule has 2 unspecified atom stereocenters. The van der Waals surface area contributed by atoms with Gasteiger partial charge < -0.3 is 9.84 Å². The van der Waals surface area contributed by atoms with Gasteiger partial charge in [-0.3, -0.25) is 0 Å². The Labute approximate surface area is 90.9 Å². The lowest BCUT2D eigenvalue weighted by atomic mass is 10.0. The zero-order valence-corrected chi connectivity index (χ0v) is 9.15. The Morgan fingerprint density at radius 2 is 2.40 bits per heavy atom. The van der Waals surface area contributed by atoms with Gasteiger partial charge in [0.05, 0.1) is 12.2 Å². The zero-order valence-electron chi connectivity index (χ0n) is 9.15. The molecule has 1 aliphatic rings. The van der Waals surface area contributed by atoms with Gasteiger partial charge >= 0.3 is 0 Å². The highest BCUT2D eigenvalue weighted by Gasteiger charge is 2.20. The zero-order chi connectivity index (χ0) is 10.7. The van der Waals surface area contributed by atoms with E-state index in [0.717, 1.165) is 31.4 Å². The molecule has 0 bridgehead atoms. The Morgan fingerprint density at radius 3 is 3.07 bits per heavy atom. The summed E-state index contributed by atoms with van der Waals surface area (Å²) in [5, 5.41) is 10.0. The normalized spacial score (nSPS) is 22.9. The average molecular weight is 206 g/mol. The van der Waals surface area contributed by atoms with Crippen LogP contribution in [0.25, 0.3) is 0 Å². The molecule has 0 aromatic heterocycles. The number of hydrogen-bond donors (Lipinski definition) is 1. The quantitative estimate of drug-likeness (QED) is 0.823. The van der Waals surface area contributed by atoms with Crippen LogP contribution in [0.5, 0.6) is 0 Å². The van der Waals surface area contributed by atoms with E-state index in [-0.39, 0.29) is 12.2 Å². The first-order chi connectivity index (χ1) is 7.25. The molecule has 1 N–H and O–H groups in total. The van der Waals surface area contributed by atoms with Crippen molar-refractivity contribution < 1.29 is 9.84 Å². The molecule has 0 radical (unpaired) electrons. The molecule has 2 heteroatoms. The van der Waals surface area contributed by atoms with Crippen molar-refractivity contribution >= 4 is 0 Å². The molecule has 0 aliphatic carbocycles. The van der Waals surface area contributed by atoms with Gasteiger partial charge in [-0.05, 0) is 25.3 Å². The number of aliphatic hydroxyl groups is 1. The Hall–Kier alpha value is -0.860. The van der Waals surface area contributed by atoms with E-state index in [2.05, 4.69) is 0 Å². The molecule has 0 amide bonds. The van der Waals surface area contributed by atoms with E-state index in [0.29, 0.717) is 0 Å². The highest BCUT2D eigenvalue weighted by molar-refractivity contribution is 5.24. The first-order valence-electron chi connectivity index (χ1n) is 5.62. The van der Waals surface area contributed by atoms with Crippen LogP contribution < -0.4 is 0 Å². The van der Waals surface area contributed by atoms with Gasteiger partial charge in [0, 0.05) is 13.0 Å². The third-order valence-electron chi connectivity index (χ3n) is 2.94. The summed E-state index contributed by atoms with van der Waals surface area (Å²) in [6, 6.07) is 8.05. The van der Waals surface area contributed by atoms with Gasteiger partial charge in [0.15, 0.2) is 0 Å². The summed E-state index contributed by atoms with van der Waals surface area (Å²) in [6.45, 7) is 2.90. The molecule has 1 fully saturated rings. The van der Waals surface area contributed by atoms with Crippen molar-refractivity contribution in [1.29, 1.82) is 0 Å². The van der Waals surface area contributed by atoms with Crippen LogP contribution in [0.3, 0.4) is 0 Å². The van der Waals surface area contributed by atoms with Gasteiger partial charge in [0.1, 0.15) is 0 Å².